The van der Waals surface area contributed by atoms with Gasteiger partial charge in [-0.05, 0) is 37.1 Å². The van der Waals surface area contributed by atoms with Crippen LogP contribution in [0.4, 0.5) is 0 Å². The van der Waals surface area contributed by atoms with Gasteiger partial charge in [-0.2, -0.15) is 5.10 Å². The number of benzene rings is 2. The summed E-state index contributed by atoms with van der Waals surface area (Å²) in [5.74, 6) is 1.24. The van der Waals surface area contributed by atoms with Crippen molar-refractivity contribution < 1.29 is 14.3 Å². The molecule has 2 aromatic carbocycles. The maximum Gasteiger partial charge on any atom is 0.272 e. The molecular weight excluding hydrogens is 404 g/mol. The molecule has 4 aromatic rings. The second kappa shape index (κ2) is 9.09. The molecule has 2 aromatic heterocycles. The van der Waals surface area contributed by atoms with Crippen LogP contribution in [0, 0.1) is 6.92 Å². The van der Waals surface area contributed by atoms with E-state index < -0.39 is 0 Å². The van der Waals surface area contributed by atoms with Gasteiger partial charge in [0.25, 0.3) is 5.91 Å². The number of nitrogens with zero attached hydrogens (tertiary/aromatic N) is 4. The number of aryl methyl sites for hydroxylation is 1. The van der Waals surface area contributed by atoms with E-state index in [1.54, 1.807) is 36.7 Å². The van der Waals surface area contributed by atoms with Crippen molar-refractivity contribution in [2.75, 3.05) is 27.8 Å². The second-order valence-corrected chi connectivity index (χ2v) is 7.61. The minimum absolute atomic E-state index is 0.126. The third-order valence-electron chi connectivity index (χ3n) is 5.42. The highest BCUT2D eigenvalue weighted by molar-refractivity contribution is 5.92. The molecule has 0 spiro atoms. The molecule has 2 heterocycles. The standard InChI is InChI=1S/C25H26N4O3/c1-17-14-21(26-24-16-20(27-29(17)24)19-8-6-5-7-9-19)25(30)28(2)13-12-18-10-11-22(31-3)23(15-18)32-4/h5-11,14-16H,12-13H2,1-4H3. The van der Waals surface area contributed by atoms with E-state index in [0.717, 1.165) is 22.5 Å². The summed E-state index contributed by atoms with van der Waals surface area (Å²) in [7, 11) is 5.01. The van der Waals surface area contributed by atoms with Crippen molar-refractivity contribution >= 4 is 11.6 Å². The average Bonchev–Trinajstić information content (AvgIpc) is 3.27. The number of carbonyl (C=O) groups is 1. The molecule has 7 heteroatoms. The smallest absolute Gasteiger partial charge is 0.272 e. The van der Waals surface area contributed by atoms with Gasteiger partial charge >= 0.3 is 0 Å². The van der Waals surface area contributed by atoms with Crippen LogP contribution < -0.4 is 9.47 Å². The topological polar surface area (TPSA) is 69.0 Å². The normalized spacial score (nSPS) is 10.9. The lowest BCUT2D eigenvalue weighted by Gasteiger charge is -2.17. The van der Waals surface area contributed by atoms with Gasteiger partial charge < -0.3 is 14.4 Å². The van der Waals surface area contributed by atoms with E-state index in [-0.39, 0.29) is 5.91 Å². The Kier molecular flexibility index (Phi) is 6.07. The Labute approximate surface area is 187 Å². The maximum atomic E-state index is 13.1. The Morgan fingerprint density at radius 1 is 1.00 bits per heavy atom. The summed E-state index contributed by atoms with van der Waals surface area (Å²) in [6.07, 6.45) is 0.689. The summed E-state index contributed by atoms with van der Waals surface area (Å²) in [5.41, 5.74) is 4.81. The number of aromatic nitrogens is 3. The number of carbonyl (C=O) groups excluding carboxylic acids is 1. The lowest BCUT2D eigenvalue weighted by atomic mass is 10.1. The summed E-state index contributed by atoms with van der Waals surface area (Å²) < 4.78 is 12.4. The summed E-state index contributed by atoms with van der Waals surface area (Å²) in [6.45, 7) is 2.48. The van der Waals surface area contributed by atoms with Gasteiger partial charge in [0.1, 0.15) is 5.69 Å². The van der Waals surface area contributed by atoms with Gasteiger partial charge in [-0.3, -0.25) is 4.79 Å². The molecule has 1 amide bonds. The van der Waals surface area contributed by atoms with Crippen molar-refractivity contribution in [1.29, 1.82) is 0 Å². The van der Waals surface area contributed by atoms with Gasteiger partial charge in [-0.15, -0.1) is 0 Å². The van der Waals surface area contributed by atoms with Crippen molar-refractivity contribution in [1.82, 2.24) is 19.5 Å². The number of hydrogen-bond acceptors (Lipinski definition) is 5. The van der Waals surface area contributed by atoms with E-state index in [2.05, 4.69) is 10.1 Å². The Bertz CT molecular complexity index is 1250. The van der Waals surface area contributed by atoms with Crippen LogP contribution in [0.25, 0.3) is 16.9 Å². The maximum absolute atomic E-state index is 13.1. The predicted molar refractivity (Wildman–Crippen MR) is 123 cm³/mol. The van der Waals surface area contributed by atoms with E-state index in [0.29, 0.717) is 35.8 Å². The van der Waals surface area contributed by atoms with Crippen LogP contribution in [0.2, 0.25) is 0 Å². The van der Waals surface area contributed by atoms with Crippen molar-refractivity contribution in [3.8, 4) is 22.8 Å². The molecule has 0 fully saturated rings. The fourth-order valence-corrected chi connectivity index (χ4v) is 3.61. The zero-order valence-corrected chi connectivity index (χ0v) is 18.7. The summed E-state index contributed by atoms with van der Waals surface area (Å²) >= 11 is 0. The highest BCUT2D eigenvalue weighted by Crippen LogP contribution is 2.27. The first-order chi connectivity index (χ1) is 15.5. The zero-order valence-electron chi connectivity index (χ0n) is 18.7. The first-order valence-corrected chi connectivity index (χ1v) is 10.4. The summed E-state index contributed by atoms with van der Waals surface area (Å²) in [4.78, 5) is 19.3. The Morgan fingerprint density at radius 3 is 2.47 bits per heavy atom. The lowest BCUT2D eigenvalue weighted by Crippen LogP contribution is -2.29. The van der Waals surface area contributed by atoms with Gasteiger partial charge in [0.15, 0.2) is 17.1 Å². The molecule has 0 aliphatic rings. The molecule has 0 aliphatic heterocycles. The molecule has 0 bridgehead atoms. The number of rotatable bonds is 7. The Hall–Kier alpha value is -3.87. The first-order valence-electron chi connectivity index (χ1n) is 10.4. The third-order valence-corrected chi connectivity index (χ3v) is 5.42. The van der Waals surface area contributed by atoms with Crippen LogP contribution in [-0.2, 0) is 6.42 Å². The van der Waals surface area contributed by atoms with Crippen molar-refractivity contribution in [3.63, 3.8) is 0 Å². The van der Waals surface area contributed by atoms with Crippen LogP contribution in [-0.4, -0.2) is 53.2 Å². The minimum Gasteiger partial charge on any atom is -0.493 e. The largest absolute Gasteiger partial charge is 0.493 e. The van der Waals surface area contributed by atoms with E-state index in [4.69, 9.17) is 9.47 Å². The first kappa shape index (κ1) is 21.4. The molecule has 0 unspecified atom stereocenters. The zero-order chi connectivity index (χ0) is 22.7. The van der Waals surface area contributed by atoms with E-state index >= 15 is 0 Å². The van der Waals surface area contributed by atoms with Gasteiger partial charge in [-0.25, -0.2) is 9.50 Å². The Balaban J connectivity index is 1.51. The molecular formula is C25H26N4O3. The number of fused-ring (bicyclic) bond motifs is 1. The minimum atomic E-state index is -0.126. The van der Waals surface area contributed by atoms with Crippen LogP contribution in [0.15, 0.2) is 60.7 Å². The summed E-state index contributed by atoms with van der Waals surface area (Å²) in [5, 5.41) is 4.64. The lowest BCUT2D eigenvalue weighted by molar-refractivity contribution is 0.0791. The molecule has 7 nitrogen and oxygen atoms in total. The number of likely N-dealkylation sites (N-methyl/N-ethyl adjacent to an activating group) is 1. The molecule has 0 radical (unpaired) electrons. The molecule has 32 heavy (non-hydrogen) atoms. The highest BCUT2D eigenvalue weighted by atomic mass is 16.5. The second-order valence-electron chi connectivity index (χ2n) is 7.61. The quantitative estimate of drug-likeness (QED) is 0.443. The van der Waals surface area contributed by atoms with E-state index in [1.165, 1.54) is 0 Å². The molecule has 164 valence electrons. The average molecular weight is 431 g/mol. The molecule has 0 saturated heterocycles. The van der Waals surface area contributed by atoms with Gasteiger partial charge in [0.05, 0.1) is 19.9 Å². The SMILES string of the molecule is COc1ccc(CCN(C)C(=O)c2cc(C)n3nc(-c4ccccc4)cc3n2)cc1OC. The molecule has 4 rings (SSSR count). The number of methoxy groups -OCH3 is 2. The predicted octanol–water partition coefficient (Wildman–Crippen LogP) is 4.04. The van der Waals surface area contributed by atoms with Crippen LogP contribution in [0.3, 0.4) is 0 Å². The number of hydrogen-bond donors (Lipinski definition) is 0. The third kappa shape index (κ3) is 4.27. The summed E-state index contributed by atoms with van der Waals surface area (Å²) in [6, 6.07) is 19.4. The van der Waals surface area contributed by atoms with E-state index in [9.17, 15) is 4.79 Å². The van der Waals surface area contributed by atoms with Crippen molar-refractivity contribution in [2.24, 2.45) is 0 Å². The van der Waals surface area contributed by atoms with Crippen LogP contribution >= 0.6 is 0 Å². The monoisotopic (exact) mass is 430 g/mol. The number of amides is 1. The van der Waals surface area contributed by atoms with Gasteiger partial charge in [0.2, 0.25) is 0 Å². The van der Waals surface area contributed by atoms with Crippen molar-refractivity contribution in [3.05, 3.63) is 77.6 Å². The number of ether oxygens (including phenoxy) is 2. The molecule has 0 aliphatic carbocycles. The molecule has 0 N–H and O–H groups in total. The highest BCUT2D eigenvalue weighted by Gasteiger charge is 2.17. The van der Waals surface area contributed by atoms with Gasteiger partial charge in [0, 0.05) is 30.9 Å². The molecule has 0 saturated carbocycles. The van der Waals surface area contributed by atoms with Crippen LogP contribution in [0.5, 0.6) is 11.5 Å². The molecule has 0 atom stereocenters. The van der Waals surface area contributed by atoms with Crippen LogP contribution in [0.1, 0.15) is 21.7 Å². The fourth-order valence-electron chi connectivity index (χ4n) is 3.61. The van der Waals surface area contributed by atoms with Crippen molar-refractivity contribution in [2.45, 2.75) is 13.3 Å². The fraction of sp³-hybridized carbons (Fsp3) is 0.240. The Morgan fingerprint density at radius 2 is 1.75 bits per heavy atom. The van der Waals surface area contributed by atoms with Gasteiger partial charge in [-0.1, -0.05) is 36.4 Å². The van der Waals surface area contributed by atoms with E-state index in [1.807, 2.05) is 61.5 Å².